The number of aliphatic hydroxyl groups excluding tert-OH is 2. The monoisotopic (exact) mass is 387 g/mol. The van der Waals surface area contributed by atoms with Gasteiger partial charge in [0.25, 0.3) is 0 Å². The van der Waals surface area contributed by atoms with Crippen LogP contribution in [0.2, 0.25) is 0 Å². The first-order valence-corrected chi connectivity index (χ1v) is 10.8. The molecule has 13 atom stereocenters. The van der Waals surface area contributed by atoms with Gasteiger partial charge in [-0.1, -0.05) is 19.1 Å². The first kappa shape index (κ1) is 16.8. The molecule has 9 bridgehead atoms. The van der Waals surface area contributed by atoms with Crippen molar-refractivity contribution in [2.24, 2.45) is 34.0 Å². The summed E-state index contributed by atoms with van der Waals surface area (Å²) in [6, 6.07) is 0.245. The van der Waals surface area contributed by atoms with Crippen LogP contribution in [0.4, 0.5) is 0 Å². The third kappa shape index (κ3) is 1.26. The molecule has 9 aliphatic rings. The summed E-state index contributed by atoms with van der Waals surface area (Å²) >= 11 is 0. The van der Waals surface area contributed by atoms with Crippen molar-refractivity contribution < 1.29 is 24.9 Å². The van der Waals surface area contributed by atoms with Crippen molar-refractivity contribution in [3.05, 3.63) is 12.2 Å². The lowest BCUT2D eigenvalue weighted by molar-refractivity contribution is -0.280. The summed E-state index contributed by atoms with van der Waals surface area (Å²) in [6.07, 6.45) is 1.27. The zero-order chi connectivity index (χ0) is 19.6. The third-order valence-electron chi connectivity index (χ3n) is 10.6. The second-order valence-corrected chi connectivity index (χ2v) is 11.5. The Bertz CT molecular complexity index is 860. The summed E-state index contributed by atoms with van der Waals surface area (Å²) in [7, 11) is 0. The second-order valence-electron chi connectivity index (χ2n) is 11.5. The highest BCUT2D eigenvalue weighted by Crippen LogP contribution is 2.88. The fourth-order valence-electron chi connectivity index (χ4n) is 11.0. The van der Waals surface area contributed by atoms with Crippen LogP contribution in [0.3, 0.4) is 0 Å². The predicted octanol–water partition coefficient (Wildman–Crippen LogP) is 0.450. The number of hydrogen-bond donors (Lipinski definition) is 3. The third-order valence-corrected chi connectivity index (χ3v) is 10.6. The summed E-state index contributed by atoms with van der Waals surface area (Å²) in [5.74, 6) is -0.379. The van der Waals surface area contributed by atoms with E-state index in [1.165, 1.54) is 6.92 Å². The van der Waals surface area contributed by atoms with Crippen LogP contribution in [0.15, 0.2) is 12.2 Å². The molecule has 6 aliphatic carbocycles. The fraction of sp³-hybridized carbons (Fsp3) is 0.864. The van der Waals surface area contributed by atoms with Crippen LogP contribution in [0.1, 0.15) is 39.5 Å². The number of rotatable bonds is 1. The van der Waals surface area contributed by atoms with Gasteiger partial charge in [-0.2, -0.15) is 0 Å². The normalized spacial score (nSPS) is 69.3. The Kier molecular flexibility index (Phi) is 2.55. The number of carbonyl (C=O) groups is 1. The molecule has 3 N–H and O–H groups in total. The van der Waals surface area contributed by atoms with Crippen molar-refractivity contribution >= 4 is 5.97 Å². The molecule has 3 saturated heterocycles. The van der Waals surface area contributed by atoms with Crippen LogP contribution in [0, 0.1) is 34.0 Å². The Balaban J connectivity index is 1.49. The van der Waals surface area contributed by atoms with E-state index in [4.69, 9.17) is 4.74 Å². The number of aliphatic hydroxyl groups is 3. The minimum atomic E-state index is -1.20. The van der Waals surface area contributed by atoms with E-state index in [-0.39, 0.29) is 34.9 Å². The Labute approximate surface area is 164 Å². The lowest BCUT2D eigenvalue weighted by Crippen LogP contribution is -2.76. The minimum absolute atomic E-state index is 0.0237. The largest absolute Gasteiger partial charge is 0.463 e. The van der Waals surface area contributed by atoms with Crippen LogP contribution in [-0.4, -0.2) is 68.7 Å². The number of carbonyl (C=O) groups excluding carboxylic acids is 1. The highest BCUT2D eigenvalue weighted by Gasteiger charge is 2.94. The molecule has 0 radical (unpaired) electrons. The van der Waals surface area contributed by atoms with E-state index in [0.717, 1.165) is 25.0 Å². The lowest BCUT2D eigenvalue weighted by Gasteiger charge is -2.67. The molecule has 3 aliphatic heterocycles. The molecule has 152 valence electrons. The first-order chi connectivity index (χ1) is 13.1. The van der Waals surface area contributed by atoms with Crippen LogP contribution in [-0.2, 0) is 9.53 Å². The lowest BCUT2D eigenvalue weighted by atomic mass is 9.39. The molecule has 0 aromatic heterocycles. The van der Waals surface area contributed by atoms with E-state index in [1.807, 2.05) is 0 Å². The Morgan fingerprint density at radius 2 is 2.00 bits per heavy atom. The minimum Gasteiger partial charge on any atom is -0.463 e. The molecule has 1 unspecified atom stereocenters. The zero-order valence-corrected chi connectivity index (χ0v) is 16.5. The number of hydrogen-bond acceptors (Lipinski definition) is 6. The molecule has 0 aromatic carbocycles. The number of fused-ring (bicyclic) bond motifs is 1. The number of ether oxygens (including phenoxy) is 1. The van der Waals surface area contributed by atoms with Gasteiger partial charge in [0.1, 0.15) is 11.7 Å². The quantitative estimate of drug-likeness (QED) is 0.447. The van der Waals surface area contributed by atoms with Gasteiger partial charge in [-0.15, -0.1) is 0 Å². The average molecular weight is 387 g/mol. The highest BCUT2D eigenvalue weighted by molar-refractivity contribution is 5.66. The summed E-state index contributed by atoms with van der Waals surface area (Å²) in [6.45, 7) is 8.85. The zero-order valence-electron chi connectivity index (χ0n) is 16.5. The maximum absolute atomic E-state index is 12.2. The van der Waals surface area contributed by atoms with E-state index in [1.54, 1.807) is 0 Å². The highest BCUT2D eigenvalue weighted by atomic mass is 16.5. The molecule has 6 nitrogen and oxygen atoms in total. The van der Waals surface area contributed by atoms with E-state index in [9.17, 15) is 20.1 Å². The molecular formula is C22H29NO5. The molecular weight excluding hydrogens is 358 g/mol. The fourth-order valence-corrected chi connectivity index (χ4v) is 11.0. The molecule has 0 amide bonds. The van der Waals surface area contributed by atoms with Crippen molar-refractivity contribution in [3.63, 3.8) is 0 Å². The van der Waals surface area contributed by atoms with Crippen molar-refractivity contribution in [1.29, 1.82) is 0 Å². The van der Waals surface area contributed by atoms with E-state index in [0.29, 0.717) is 24.8 Å². The molecule has 6 heteroatoms. The van der Waals surface area contributed by atoms with E-state index >= 15 is 0 Å². The predicted molar refractivity (Wildman–Crippen MR) is 97.9 cm³/mol. The van der Waals surface area contributed by atoms with Crippen molar-refractivity contribution in [1.82, 2.24) is 4.90 Å². The summed E-state index contributed by atoms with van der Waals surface area (Å²) in [4.78, 5) is 14.3. The molecule has 9 fully saturated rings. The van der Waals surface area contributed by atoms with Crippen LogP contribution >= 0.6 is 0 Å². The van der Waals surface area contributed by atoms with Crippen molar-refractivity contribution in [3.8, 4) is 0 Å². The van der Waals surface area contributed by atoms with Gasteiger partial charge in [0.15, 0.2) is 0 Å². The van der Waals surface area contributed by atoms with Gasteiger partial charge in [-0.3, -0.25) is 9.69 Å². The van der Waals surface area contributed by atoms with Gasteiger partial charge in [0, 0.05) is 48.2 Å². The van der Waals surface area contributed by atoms with Crippen LogP contribution in [0.5, 0.6) is 0 Å². The Morgan fingerprint density at radius 1 is 1.25 bits per heavy atom. The van der Waals surface area contributed by atoms with Gasteiger partial charge in [-0.05, 0) is 37.0 Å². The average Bonchev–Trinajstić information content (AvgIpc) is 2.97. The molecule has 3 heterocycles. The standard InChI is InChI=1S/C22H29NO5/c1-9-4-20-7-12-15-19(3)5-11(28-10(2)24)6-21(15)16(20)14(25)13(9)17(26)22(20,27)18(21)23(12)8-19/h11-18,25-27H,1,4-8H2,2-3H3/t11-,12-,13+,14+,15+,16-,17-,18-,19-,20+,21+,22-/m0/s1. The summed E-state index contributed by atoms with van der Waals surface area (Å²) in [5, 5.41) is 35.1. The second kappa shape index (κ2) is 4.25. The van der Waals surface area contributed by atoms with E-state index in [2.05, 4.69) is 18.4 Å². The molecule has 0 aromatic rings. The number of esters is 1. The van der Waals surface area contributed by atoms with Crippen molar-refractivity contribution in [2.75, 3.05) is 6.54 Å². The maximum Gasteiger partial charge on any atom is 0.302 e. The van der Waals surface area contributed by atoms with Crippen LogP contribution < -0.4 is 0 Å². The van der Waals surface area contributed by atoms with Gasteiger partial charge in [0.05, 0.1) is 12.2 Å². The Morgan fingerprint density at radius 3 is 2.71 bits per heavy atom. The van der Waals surface area contributed by atoms with Gasteiger partial charge in [0.2, 0.25) is 0 Å². The topological polar surface area (TPSA) is 90.2 Å². The Hall–Kier alpha value is -0.950. The molecule has 28 heavy (non-hydrogen) atoms. The van der Waals surface area contributed by atoms with Crippen molar-refractivity contribution in [2.45, 2.75) is 75.5 Å². The summed E-state index contributed by atoms with van der Waals surface area (Å²) < 4.78 is 5.75. The van der Waals surface area contributed by atoms with E-state index < -0.39 is 29.1 Å². The SMILES string of the molecule is C=C1C[C@@]23C[C@H]4[C@@H]5[C@@]6(C)C[C@H](OC(C)=O)C[C@]57[C@H]2[C@H](O)[C@@H]1[C@H](O)[C@]3(O)[C@H]7N4C6. The molecule has 9 rings (SSSR count). The first-order valence-electron chi connectivity index (χ1n) is 10.8. The smallest absolute Gasteiger partial charge is 0.302 e. The maximum atomic E-state index is 12.2. The van der Waals surface area contributed by atoms with Gasteiger partial charge in [-0.25, -0.2) is 0 Å². The van der Waals surface area contributed by atoms with Crippen LogP contribution in [0.25, 0.3) is 0 Å². The summed E-state index contributed by atoms with van der Waals surface area (Å²) in [5.41, 5.74) is -1.07. The van der Waals surface area contributed by atoms with Gasteiger partial charge < -0.3 is 20.1 Å². The molecule has 6 saturated carbocycles. The molecule has 2 spiro atoms. The number of nitrogens with zero attached hydrogens (tertiary/aromatic N) is 1. The number of piperidine rings is 2. The van der Waals surface area contributed by atoms with Gasteiger partial charge >= 0.3 is 5.97 Å².